The van der Waals surface area contributed by atoms with Gasteiger partial charge in [0.25, 0.3) is 0 Å². The molecule has 1 aliphatic heterocycles. The summed E-state index contributed by atoms with van der Waals surface area (Å²) < 4.78 is 21.7. The number of nitrogens with one attached hydrogen (secondary N) is 1. The highest BCUT2D eigenvalue weighted by molar-refractivity contribution is 6.36. The first kappa shape index (κ1) is 21.8. The topological polar surface area (TPSA) is 98.2 Å². The van der Waals surface area contributed by atoms with Gasteiger partial charge in [0.05, 0.1) is 23.9 Å². The minimum atomic E-state index is -0.655. The lowest BCUT2D eigenvalue weighted by molar-refractivity contribution is 0.227. The van der Waals surface area contributed by atoms with E-state index in [1.165, 1.54) is 12.1 Å². The molecular weight excluding hydrogens is 444 g/mol. The van der Waals surface area contributed by atoms with E-state index in [1.54, 1.807) is 25.4 Å². The average Bonchev–Trinajstić information content (AvgIpc) is 3.42. The van der Waals surface area contributed by atoms with Gasteiger partial charge in [0.15, 0.2) is 11.6 Å². The fourth-order valence-corrected chi connectivity index (χ4v) is 4.38. The van der Waals surface area contributed by atoms with Crippen molar-refractivity contribution in [3.05, 3.63) is 58.2 Å². The molecule has 3 heterocycles. The molecule has 10 heteroatoms. The first-order chi connectivity index (χ1) is 14.9. The molecule has 4 rings (SSSR count). The minimum Gasteiger partial charge on any atom is -0.482 e. The van der Waals surface area contributed by atoms with Gasteiger partial charge in [-0.3, -0.25) is 4.68 Å². The Balaban J connectivity index is 1.57. The number of ether oxygens (including phenoxy) is 1. The summed E-state index contributed by atoms with van der Waals surface area (Å²) in [5, 5.41) is 17.2. The highest BCUT2D eigenvalue weighted by atomic mass is 35.5. The van der Waals surface area contributed by atoms with Crippen LogP contribution in [-0.4, -0.2) is 39.1 Å². The van der Waals surface area contributed by atoms with Crippen LogP contribution in [-0.2, 0) is 0 Å². The molecule has 0 spiro atoms. The van der Waals surface area contributed by atoms with E-state index in [1.807, 2.05) is 10.9 Å². The zero-order valence-electron chi connectivity index (χ0n) is 16.7. The Morgan fingerprint density at radius 2 is 2.16 bits per heavy atom. The highest BCUT2D eigenvalue weighted by Crippen LogP contribution is 2.37. The van der Waals surface area contributed by atoms with Crippen LogP contribution in [0.25, 0.3) is 11.1 Å². The molecule has 31 heavy (non-hydrogen) atoms. The SMILES string of the molecule is C[C@@H](Oc1cc(-c2cnn(C3CN[C@H](CO)C3)c2)cnc1N)c1c(Cl)ccc(F)c1Cl. The normalized spacial score (nSPS) is 19.5. The second-order valence-corrected chi connectivity index (χ2v) is 8.30. The lowest BCUT2D eigenvalue weighted by Crippen LogP contribution is -2.24. The van der Waals surface area contributed by atoms with E-state index in [9.17, 15) is 9.50 Å². The van der Waals surface area contributed by atoms with Crippen LogP contribution in [0.15, 0.2) is 36.8 Å². The Bertz CT molecular complexity index is 1090. The van der Waals surface area contributed by atoms with E-state index in [4.69, 9.17) is 33.7 Å². The molecule has 7 nitrogen and oxygen atoms in total. The number of anilines is 1. The summed E-state index contributed by atoms with van der Waals surface area (Å²) in [5.74, 6) is -0.0527. The lowest BCUT2D eigenvalue weighted by Gasteiger charge is -2.19. The van der Waals surface area contributed by atoms with E-state index in [0.29, 0.717) is 16.3 Å². The first-order valence-electron chi connectivity index (χ1n) is 9.81. The fraction of sp³-hybridized carbons (Fsp3) is 0.333. The quantitative estimate of drug-likeness (QED) is 0.475. The molecule has 0 aliphatic carbocycles. The molecule has 3 atom stereocenters. The predicted molar refractivity (Wildman–Crippen MR) is 118 cm³/mol. The van der Waals surface area contributed by atoms with Gasteiger partial charge in [-0.2, -0.15) is 5.10 Å². The standard InChI is InChI=1S/C21H22Cl2FN5O2/c1-11(19-16(22)2-3-17(24)20(19)23)31-18-4-12(6-27-21(18)25)13-7-28-29(9-13)15-5-14(10-30)26-8-15/h2-4,6-7,9,11,14-15,26,30H,5,8,10H2,1H3,(H2,25,27)/t11-,14+,15?/m1/s1. The number of hydrogen-bond acceptors (Lipinski definition) is 6. The summed E-state index contributed by atoms with van der Waals surface area (Å²) in [6, 6.07) is 4.64. The third-order valence-electron chi connectivity index (χ3n) is 5.40. The van der Waals surface area contributed by atoms with Crippen LogP contribution in [0.5, 0.6) is 5.75 Å². The number of hydrogen-bond donors (Lipinski definition) is 3. The molecule has 0 bridgehead atoms. The van der Waals surface area contributed by atoms with Crippen LogP contribution >= 0.6 is 23.2 Å². The van der Waals surface area contributed by atoms with Gasteiger partial charge in [-0.15, -0.1) is 0 Å². The van der Waals surface area contributed by atoms with Crippen LogP contribution in [0.4, 0.5) is 10.2 Å². The molecule has 0 amide bonds. The van der Waals surface area contributed by atoms with Gasteiger partial charge in [0, 0.05) is 46.7 Å². The van der Waals surface area contributed by atoms with Crippen molar-refractivity contribution in [3.63, 3.8) is 0 Å². The number of halogens is 3. The molecular formula is C21H22Cl2FN5O2. The summed E-state index contributed by atoms with van der Waals surface area (Å²) >= 11 is 12.3. The van der Waals surface area contributed by atoms with Crippen LogP contribution in [0.2, 0.25) is 10.0 Å². The van der Waals surface area contributed by atoms with Crippen molar-refractivity contribution in [2.45, 2.75) is 31.5 Å². The molecule has 164 valence electrons. The Hall–Kier alpha value is -2.39. The number of aliphatic hydroxyl groups excluding tert-OH is 1. The van der Waals surface area contributed by atoms with E-state index in [0.717, 1.165) is 24.1 Å². The monoisotopic (exact) mass is 465 g/mol. The number of nitrogens with two attached hydrogens (primary N) is 1. The molecule has 2 aromatic heterocycles. The zero-order valence-corrected chi connectivity index (χ0v) is 18.2. The van der Waals surface area contributed by atoms with E-state index >= 15 is 0 Å². The molecule has 3 aromatic rings. The first-order valence-corrected chi connectivity index (χ1v) is 10.6. The van der Waals surface area contributed by atoms with Gasteiger partial charge in [-0.1, -0.05) is 23.2 Å². The molecule has 4 N–H and O–H groups in total. The van der Waals surface area contributed by atoms with E-state index in [2.05, 4.69) is 15.4 Å². The number of aromatic nitrogens is 3. The van der Waals surface area contributed by atoms with Crippen molar-refractivity contribution in [1.29, 1.82) is 0 Å². The highest BCUT2D eigenvalue weighted by Gasteiger charge is 2.25. The van der Waals surface area contributed by atoms with Crippen LogP contribution in [0.1, 0.15) is 31.1 Å². The number of nitrogen functional groups attached to an aromatic ring is 1. The maximum absolute atomic E-state index is 13.9. The third kappa shape index (κ3) is 4.48. The summed E-state index contributed by atoms with van der Waals surface area (Å²) in [6.07, 6.45) is 5.45. The fourth-order valence-electron chi connectivity index (χ4n) is 3.70. The second-order valence-electron chi connectivity index (χ2n) is 7.51. The van der Waals surface area contributed by atoms with Crippen molar-refractivity contribution in [3.8, 4) is 16.9 Å². The zero-order chi connectivity index (χ0) is 22.1. The largest absolute Gasteiger partial charge is 0.482 e. The molecule has 1 unspecified atom stereocenters. The molecule has 1 saturated heterocycles. The van der Waals surface area contributed by atoms with Crippen molar-refractivity contribution in [1.82, 2.24) is 20.1 Å². The van der Waals surface area contributed by atoms with Gasteiger partial charge >= 0.3 is 0 Å². The van der Waals surface area contributed by atoms with Gasteiger partial charge in [0.1, 0.15) is 11.9 Å². The number of nitrogens with zero attached hydrogens (tertiary/aromatic N) is 3. The number of rotatable bonds is 6. The Kier molecular flexibility index (Phi) is 6.34. The van der Waals surface area contributed by atoms with Crippen molar-refractivity contribution in [2.75, 3.05) is 18.9 Å². The molecule has 1 fully saturated rings. The number of pyridine rings is 1. The van der Waals surface area contributed by atoms with Gasteiger partial charge < -0.3 is 20.9 Å². The van der Waals surface area contributed by atoms with Crippen LogP contribution in [0, 0.1) is 5.82 Å². The third-order valence-corrected chi connectivity index (χ3v) is 6.11. The Morgan fingerprint density at radius 3 is 2.90 bits per heavy atom. The molecule has 1 aromatic carbocycles. The van der Waals surface area contributed by atoms with Crippen LogP contribution in [0.3, 0.4) is 0 Å². The smallest absolute Gasteiger partial charge is 0.166 e. The van der Waals surface area contributed by atoms with E-state index < -0.39 is 11.9 Å². The van der Waals surface area contributed by atoms with Gasteiger partial charge in [-0.25, -0.2) is 9.37 Å². The van der Waals surface area contributed by atoms with E-state index in [-0.39, 0.29) is 29.5 Å². The molecule has 1 aliphatic rings. The van der Waals surface area contributed by atoms with Gasteiger partial charge in [-0.05, 0) is 31.5 Å². The predicted octanol–water partition coefficient (Wildman–Crippen LogP) is 4.01. The Morgan fingerprint density at radius 1 is 1.35 bits per heavy atom. The van der Waals surface area contributed by atoms with Crippen LogP contribution < -0.4 is 15.8 Å². The number of aliphatic hydroxyl groups is 1. The summed E-state index contributed by atoms with van der Waals surface area (Å²) in [5.41, 5.74) is 7.96. The van der Waals surface area contributed by atoms with Crippen molar-refractivity contribution < 1.29 is 14.2 Å². The maximum atomic E-state index is 13.9. The number of benzene rings is 1. The second kappa shape index (κ2) is 9.00. The summed E-state index contributed by atoms with van der Waals surface area (Å²) in [7, 11) is 0. The van der Waals surface area contributed by atoms with Crippen molar-refractivity contribution in [2.24, 2.45) is 0 Å². The maximum Gasteiger partial charge on any atom is 0.166 e. The Labute approximate surface area is 188 Å². The average molecular weight is 466 g/mol. The lowest BCUT2D eigenvalue weighted by atomic mass is 10.1. The van der Waals surface area contributed by atoms with Gasteiger partial charge in [0.2, 0.25) is 0 Å². The van der Waals surface area contributed by atoms with Crippen molar-refractivity contribution >= 4 is 29.0 Å². The molecule has 0 radical (unpaired) electrons. The molecule has 0 saturated carbocycles. The summed E-state index contributed by atoms with van der Waals surface area (Å²) in [6.45, 7) is 2.56. The minimum absolute atomic E-state index is 0.0822. The summed E-state index contributed by atoms with van der Waals surface area (Å²) in [4.78, 5) is 4.23.